The minimum atomic E-state index is -3.51. The molecule has 0 spiro atoms. The van der Waals surface area contributed by atoms with Gasteiger partial charge in [0.05, 0.1) is 23.4 Å². The van der Waals surface area contributed by atoms with Crippen LogP contribution in [0.3, 0.4) is 0 Å². The van der Waals surface area contributed by atoms with E-state index in [0.717, 1.165) is 33.1 Å². The molecule has 2 aromatic carbocycles. The lowest BCUT2D eigenvalue weighted by Gasteiger charge is -2.15. The van der Waals surface area contributed by atoms with E-state index < -0.39 is 10.0 Å². The molecule has 0 amide bonds. The van der Waals surface area contributed by atoms with Crippen LogP contribution in [0.5, 0.6) is 5.75 Å². The van der Waals surface area contributed by atoms with Crippen molar-refractivity contribution >= 4 is 27.0 Å². The summed E-state index contributed by atoms with van der Waals surface area (Å²) in [6.07, 6.45) is 0. The van der Waals surface area contributed by atoms with Gasteiger partial charge in [-0.1, -0.05) is 12.1 Å². The van der Waals surface area contributed by atoms with Crippen LogP contribution >= 0.6 is 11.3 Å². The third-order valence-corrected chi connectivity index (χ3v) is 7.34. The molecule has 0 N–H and O–H groups in total. The summed E-state index contributed by atoms with van der Waals surface area (Å²) in [6.45, 7) is 1.80. The molecule has 148 valence electrons. The van der Waals surface area contributed by atoms with Crippen molar-refractivity contribution in [3.8, 4) is 17.0 Å². The number of sulfonamides is 1. The quantitative estimate of drug-likeness (QED) is 0.638. The Kier molecular flexibility index (Phi) is 5.74. The van der Waals surface area contributed by atoms with E-state index in [-0.39, 0.29) is 0 Å². The first-order chi connectivity index (χ1) is 13.2. The van der Waals surface area contributed by atoms with Crippen molar-refractivity contribution in [3.05, 3.63) is 58.2 Å². The lowest BCUT2D eigenvalue weighted by atomic mass is 10.1. The third-order valence-electron chi connectivity index (χ3n) is 4.46. The first-order valence-corrected chi connectivity index (χ1v) is 10.9. The van der Waals surface area contributed by atoms with Gasteiger partial charge in [-0.15, -0.1) is 11.3 Å². The summed E-state index contributed by atoms with van der Waals surface area (Å²) in [4.78, 5) is 5.81. The Morgan fingerprint density at radius 1 is 1.11 bits per heavy atom. The third kappa shape index (κ3) is 3.89. The van der Waals surface area contributed by atoms with Gasteiger partial charge < -0.3 is 9.30 Å². The van der Waals surface area contributed by atoms with Gasteiger partial charge in [-0.3, -0.25) is 0 Å². The van der Waals surface area contributed by atoms with Crippen LogP contribution in [0, 0.1) is 6.92 Å². The van der Waals surface area contributed by atoms with E-state index in [1.54, 1.807) is 20.1 Å². The van der Waals surface area contributed by atoms with Crippen molar-refractivity contribution in [3.63, 3.8) is 0 Å². The standard InChI is InChI=1S/C20H23N3O3S2/c1-14-6-7-15(12-19(14)28(24,25)22(2)3)18-13-27-20(23(18)4)21-16-8-10-17(26-5)11-9-16/h6-13H,1-5H3/b21-20+. The molecule has 3 aromatic rings. The van der Waals surface area contributed by atoms with Crippen LogP contribution in [-0.2, 0) is 17.1 Å². The van der Waals surface area contributed by atoms with Crippen molar-refractivity contribution in [2.45, 2.75) is 11.8 Å². The second-order valence-corrected chi connectivity index (χ2v) is 9.50. The number of hydrogen-bond donors (Lipinski definition) is 0. The van der Waals surface area contributed by atoms with E-state index in [1.807, 2.05) is 53.4 Å². The summed E-state index contributed by atoms with van der Waals surface area (Å²) >= 11 is 1.50. The van der Waals surface area contributed by atoms with Gasteiger partial charge in [0.1, 0.15) is 5.75 Å². The number of nitrogens with zero attached hydrogens (tertiary/aromatic N) is 3. The number of methoxy groups -OCH3 is 1. The molecule has 0 saturated carbocycles. The fourth-order valence-corrected chi connectivity index (χ4v) is 4.80. The number of hydrogen-bond acceptors (Lipinski definition) is 5. The van der Waals surface area contributed by atoms with Crippen LogP contribution in [0.15, 0.2) is 57.7 Å². The van der Waals surface area contributed by atoms with Crippen molar-refractivity contribution in [2.75, 3.05) is 21.2 Å². The second-order valence-electron chi connectivity index (χ2n) is 6.54. The van der Waals surface area contributed by atoms with Crippen LogP contribution in [0.25, 0.3) is 11.3 Å². The largest absolute Gasteiger partial charge is 0.497 e. The highest BCUT2D eigenvalue weighted by Gasteiger charge is 2.20. The average Bonchev–Trinajstić information content (AvgIpc) is 3.03. The highest BCUT2D eigenvalue weighted by molar-refractivity contribution is 7.89. The van der Waals surface area contributed by atoms with E-state index in [0.29, 0.717) is 4.90 Å². The maximum Gasteiger partial charge on any atom is 0.242 e. The maximum absolute atomic E-state index is 12.6. The molecule has 0 unspecified atom stereocenters. The van der Waals surface area contributed by atoms with Gasteiger partial charge in [0, 0.05) is 32.1 Å². The molecule has 0 aliphatic carbocycles. The minimum absolute atomic E-state index is 0.315. The molecule has 1 heterocycles. The highest BCUT2D eigenvalue weighted by Crippen LogP contribution is 2.27. The Hall–Kier alpha value is -2.42. The van der Waals surface area contributed by atoms with Crippen molar-refractivity contribution < 1.29 is 13.2 Å². The molecule has 1 aromatic heterocycles. The molecule has 28 heavy (non-hydrogen) atoms. The van der Waals surface area contributed by atoms with E-state index in [4.69, 9.17) is 4.74 Å². The fourth-order valence-electron chi connectivity index (χ4n) is 2.73. The Morgan fingerprint density at radius 3 is 2.39 bits per heavy atom. The zero-order valence-electron chi connectivity index (χ0n) is 16.5. The van der Waals surface area contributed by atoms with E-state index >= 15 is 0 Å². The van der Waals surface area contributed by atoms with Crippen LogP contribution in [0.4, 0.5) is 5.69 Å². The zero-order chi connectivity index (χ0) is 20.5. The molecule has 0 bridgehead atoms. The molecule has 0 aliphatic rings. The summed E-state index contributed by atoms with van der Waals surface area (Å²) < 4.78 is 33.6. The minimum Gasteiger partial charge on any atom is -0.497 e. The maximum atomic E-state index is 12.6. The Balaban J connectivity index is 2.06. The summed E-state index contributed by atoms with van der Waals surface area (Å²) in [6, 6.07) is 13.0. The Labute approximate surface area is 169 Å². The number of thiazole rings is 1. The second kappa shape index (κ2) is 7.90. The molecule has 8 heteroatoms. The summed E-state index contributed by atoms with van der Waals surface area (Å²) in [5, 5.41) is 1.99. The molecule has 3 rings (SSSR count). The van der Waals surface area contributed by atoms with E-state index in [9.17, 15) is 8.42 Å². The van der Waals surface area contributed by atoms with Gasteiger partial charge in [0.2, 0.25) is 10.0 Å². The van der Waals surface area contributed by atoms with Gasteiger partial charge in [-0.2, -0.15) is 0 Å². The summed E-state index contributed by atoms with van der Waals surface area (Å²) in [5.74, 6) is 0.782. The topological polar surface area (TPSA) is 63.9 Å². The smallest absolute Gasteiger partial charge is 0.242 e. The molecule has 0 fully saturated rings. The Morgan fingerprint density at radius 2 is 1.79 bits per heavy atom. The Bertz CT molecular complexity index is 1160. The molecule has 6 nitrogen and oxygen atoms in total. The van der Waals surface area contributed by atoms with Crippen molar-refractivity contribution in [1.82, 2.24) is 8.87 Å². The van der Waals surface area contributed by atoms with Gasteiger partial charge >= 0.3 is 0 Å². The molecule has 0 atom stereocenters. The van der Waals surface area contributed by atoms with Crippen molar-refractivity contribution in [1.29, 1.82) is 0 Å². The highest BCUT2D eigenvalue weighted by atomic mass is 32.2. The number of rotatable bonds is 5. The predicted molar refractivity (Wildman–Crippen MR) is 113 cm³/mol. The van der Waals surface area contributed by atoms with Crippen LogP contribution in [-0.4, -0.2) is 38.5 Å². The van der Waals surface area contributed by atoms with Crippen LogP contribution in [0.1, 0.15) is 5.56 Å². The van der Waals surface area contributed by atoms with E-state index in [2.05, 4.69) is 4.99 Å². The van der Waals surface area contributed by atoms with Crippen molar-refractivity contribution in [2.24, 2.45) is 12.0 Å². The molecular weight excluding hydrogens is 394 g/mol. The molecular formula is C20H23N3O3S2. The van der Waals surface area contributed by atoms with Crippen LogP contribution < -0.4 is 9.54 Å². The molecule has 0 aliphatic heterocycles. The fraction of sp³-hybridized carbons (Fsp3) is 0.250. The van der Waals surface area contributed by atoms with Crippen LogP contribution in [0.2, 0.25) is 0 Å². The number of benzene rings is 2. The van der Waals surface area contributed by atoms with Gasteiger partial charge in [0.15, 0.2) is 4.80 Å². The molecule has 0 radical (unpaired) electrons. The average molecular weight is 418 g/mol. The first-order valence-electron chi connectivity index (χ1n) is 8.61. The summed E-state index contributed by atoms with van der Waals surface area (Å²) in [7, 11) is 3.13. The zero-order valence-corrected chi connectivity index (χ0v) is 18.1. The SMILES string of the molecule is COc1ccc(/N=c2/scc(-c3ccc(C)c(S(=O)(=O)N(C)C)c3)n2C)cc1. The summed E-state index contributed by atoms with van der Waals surface area (Å²) in [5.41, 5.74) is 3.29. The lowest BCUT2D eigenvalue weighted by molar-refractivity contribution is 0.415. The number of ether oxygens (including phenoxy) is 1. The normalized spacial score (nSPS) is 12.6. The van der Waals surface area contributed by atoms with E-state index in [1.165, 1.54) is 29.7 Å². The monoisotopic (exact) mass is 417 g/mol. The molecule has 0 saturated heterocycles. The first kappa shape index (κ1) is 20.3. The lowest BCUT2D eigenvalue weighted by Crippen LogP contribution is -2.23. The van der Waals surface area contributed by atoms with Gasteiger partial charge in [-0.25, -0.2) is 17.7 Å². The van der Waals surface area contributed by atoms with Gasteiger partial charge in [0.25, 0.3) is 0 Å². The predicted octanol–water partition coefficient (Wildman–Crippen LogP) is 3.55. The number of aryl methyl sites for hydroxylation is 1. The van der Waals surface area contributed by atoms with Gasteiger partial charge in [-0.05, 0) is 42.8 Å². The number of aromatic nitrogens is 1.